The average molecular weight is 169 g/mol. The Morgan fingerprint density at radius 2 is 2.58 bits per heavy atom. The van der Waals surface area contributed by atoms with Crippen molar-refractivity contribution in [2.75, 3.05) is 6.54 Å². The van der Waals surface area contributed by atoms with Crippen LogP contribution in [0.25, 0.3) is 0 Å². The van der Waals surface area contributed by atoms with Crippen LogP contribution in [0, 0.1) is 13.5 Å². The summed E-state index contributed by atoms with van der Waals surface area (Å²) in [6.07, 6.45) is 2.99. The Balaban J connectivity index is 2.08. The Hall–Kier alpha value is -0.570. The number of esters is 1. The molecule has 1 atom stereocenters. The van der Waals surface area contributed by atoms with Gasteiger partial charge in [0.15, 0.2) is 0 Å². The molecule has 2 radical (unpaired) electrons. The predicted molar refractivity (Wildman–Crippen MR) is 46.0 cm³/mol. The normalized spacial score (nSPS) is 22.6. The molecule has 0 bridgehead atoms. The van der Waals surface area contributed by atoms with Crippen LogP contribution in [-0.2, 0) is 9.53 Å². The van der Waals surface area contributed by atoms with Crippen LogP contribution in [0.1, 0.15) is 25.7 Å². The Morgan fingerprint density at radius 3 is 3.17 bits per heavy atom. The highest BCUT2D eigenvalue weighted by Gasteiger charge is 2.18. The number of ether oxygens (including phenoxy) is 1. The van der Waals surface area contributed by atoms with Crippen molar-refractivity contribution >= 4 is 5.97 Å². The highest BCUT2D eigenvalue weighted by molar-refractivity contribution is 5.69. The Morgan fingerprint density at radius 1 is 1.75 bits per heavy atom. The van der Waals surface area contributed by atoms with Crippen molar-refractivity contribution < 1.29 is 9.53 Å². The first-order chi connectivity index (χ1) is 5.83. The molecule has 12 heavy (non-hydrogen) atoms. The van der Waals surface area contributed by atoms with Crippen molar-refractivity contribution in [3.63, 3.8) is 0 Å². The molecule has 1 saturated heterocycles. The molecular weight excluding hydrogens is 154 g/mol. The van der Waals surface area contributed by atoms with E-state index in [0.717, 1.165) is 25.8 Å². The molecule has 0 aromatic carbocycles. The van der Waals surface area contributed by atoms with Gasteiger partial charge in [0.2, 0.25) is 0 Å². The van der Waals surface area contributed by atoms with E-state index >= 15 is 0 Å². The van der Waals surface area contributed by atoms with Crippen LogP contribution in [0.2, 0.25) is 0 Å². The standard InChI is InChI=1S/C9H15NO2/c1-2-3-4-9(11)12-8-5-6-10-7-8/h7-8,10H,1-6H2. The summed E-state index contributed by atoms with van der Waals surface area (Å²) >= 11 is 0. The summed E-state index contributed by atoms with van der Waals surface area (Å²) in [4.78, 5) is 11.1. The van der Waals surface area contributed by atoms with E-state index < -0.39 is 0 Å². The van der Waals surface area contributed by atoms with Crippen LogP contribution in [0.3, 0.4) is 0 Å². The van der Waals surface area contributed by atoms with E-state index in [9.17, 15) is 4.79 Å². The van der Waals surface area contributed by atoms with Gasteiger partial charge in [-0.15, -0.1) is 0 Å². The molecule has 0 saturated carbocycles. The van der Waals surface area contributed by atoms with E-state index in [1.165, 1.54) is 0 Å². The van der Waals surface area contributed by atoms with Gasteiger partial charge < -0.3 is 10.1 Å². The van der Waals surface area contributed by atoms with Crippen molar-refractivity contribution in [1.29, 1.82) is 0 Å². The number of hydrogen-bond acceptors (Lipinski definition) is 3. The van der Waals surface area contributed by atoms with Crippen LogP contribution in [-0.4, -0.2) is 18.6 Å². The van der Waals surface area contributed by atoms with Crippen molar-refractivity contribution in [3.05, 3.63) is 13.5 Å². The van der Waals surface area contributed by atoms with E-state index in [2.05, 4.69) is 12.2 Å². The second-order valence-electron chi connectivity index (χ2n) is 2.89. The van der Waals surface area contributed by atoms with Crippen LogP contribution in [0.5, 0.6) is 0 Å². The van der Waals surface area contributed by atoms with Gasteiger partial charge in [0.1, 0.15) is 6.10 Å². The maximum absolute atomic E-state index is 11.1. The molecule has 1 rings (SSSR count). The van der Waals surface area contributed by atoms with Crippen molar-refractivity contribution in [2.45, 2.75) is 31.8 Å². The molecule has 1 fully saturated rings. The van der Waals surface area contributed by atoms with Gasteiger partial charge in [0.05, 0.1) is 6.54 Å². The fourth-order valence-electron chi connectivity index (χ4n) is 1.11. The minimum Gasteiger partial charge on any atom is -0.461 e. The highest BCUT2D eigenvalue weighted by Crippen LogP contribution is 2.08. The van der Waals surface area contributed by atoms with Gasteiger partial charge in [-0.3, -0.25) is 4.79 Å². The highest BCUT2D eigenvalue weighted by atomic mass is 16.5. The third-order valence-electron chi connectivity index (χ3n) is 1.79. The zero-order valence-electron chi connectivity index (χ0n) is 7.21. The third-order valence-corrected chi connectivity index (χ3v) is 1.79. The molecule has 3 heteroatoms. The van der Waals surface area contributed by atoms with Crippen LogP contribution < -0.4 is 5.32 Å². The topological polar surface area (TPSA) is 38.3 Å². The quantitative estimate of drug-likeness (QED) is 0.639. The number of unbranched alkanes of at least 4 members (excludes halogenated alkanes) is 1. The van der Waals surface area contributed by atoms with E-state index in [4.69, 9.17) is 4.74 Å². The molecule has 3 nitrogen and oxygen atoms in total. The summed E-state index contributed by atoms with van der Waals surface area (Å²) in [6.45, 7) is 6.41. The second-order valence-corrected chi connectivity index (χ2v) is 2.89. The van der Waals surface area contributed by atoms with Gasteiger partial charge in [0.25, 0.3) is 0 Å². The van der Waals surface area contributed by atoms with E-state index in [1.54, 1.807) is 0 Å². The van der Waals surface area contributed by atoms with Gasteiger partial charge in [-0.2, -0.15) is 0 Å². The Labute approximate surface area is 73.5 Å². The van der Waals surface area contributed by atoms with Gasteiger partial charge >= 0.3 is 5.97 Å². The maximum Gasteiger partial charge on any atom is 0.306 e. The molecule has 1 N–H and O–H groups in total. The minimum atomic E-state index is -0.108. The lowest BCUT2D eigenvalue weighted by molar-refractivity contribution is -0.147. The molecule has 0 aromatic rings. The van der Waals surface area contributed by atoms with Gasteiger partial charge in [-0.05, 0) is 19.4 Å². The summed E-state index contributed by atoms with van der Waals surface area (Å²) in [7, 11) is 0. The van der Waals surface area contributed by atoms with Crippen LogP contribution in [0.15, 0.2) is 0 Å². The van der Waals surface area contributed by atoms with Gasteiger partial charge in [-0.1, -0.05) is 13.3 Å². The van der Waals surface area contributed by atoms with Crippen molar-refractivity contribution in [3.8, 4) is 0 Å². The first-order valence-corrected chi connectivity index (χ1v) is 4.38. The number of carbonyl (C=O) groups excluding carboxylic acids is 1. The number of carbonyl (C=O) groups is 1. The van der Waals surface area contributed by atoms with Crippen LogP contribution >= 0.6 is 0 Å². The van der Waals surface area contributed by atoms with Crippen LogP contribution in [0.4, 0.5) is 0 Å². The molecule has 1 aliphatic heterocycles. The zero-order valence-corrected chi connectivity index (χ0v) is 7.21. The maximum atomic E-state index is 11.1. The molecular formula is C9H15NO2. The number of nitrogens with one attached hydrogen (secondary N) is 1. The summed E-state index contributed by atoms with van der Waals surface area (Å²) in [5.41, 5.74) is 0. The summed E-state index contributed by atoms with van der Waals surface area (Å²) in [6, 6.07) is 0. The first-order valence-electron chi connectivity index (χ1n) is 4.38. The van der Waals surface area contributed by atoms with Gasteiger partial charge in [0, 0.05) is 6.42 Å². The number of hydrogen-bond donors (Lipinski definition) is 1. The van der Waals surface area contributed by atoms with Gasteiger partial charge in [-0.25, -0.2) is 0 Å². The molecule has 0 amide bonds. The number of rotatable bonds is 4. The van der Waals surface area contributed by atoms with E-state index in [-0.39, 0.29) is 12.1 Å². The van der Waals surface area contributed by atoms with E-state index in [1.807, 2.05) is 6.54 Å². The Kier molecular flexibility index (Phi) is 4.08. The lowest BCUT2D eigenvalue weighted by atomic mass is 10.2. The summed E-state index contributed by atoms with van der Waals surface area (Å²) in [5.74, 6) is -0.108. The summed E-state index contributed by atoms with van der Waals surface area (Å²) < 4.78 is 5.13. The fourth-order valence-corrected chi connectivity index (χ4v) is 1.11. The monoisotopic (exact) mass is 169 g/mol. The lowest BCUT2D eigenvalue weighted by Gasteiger charge is -2.09. The first kappa shape index (κ1) is 9.52. The SMILES string of the molecule is [CH2]CCCC(=O)OC1[CH]NCC1. The fraction of sp³-hybridized carbons (Fsp3) is 0.667. The van der Waals surface area contributed by atoms with Crippen molar-refractivity contribution in [2.24, 2.45) is 0 Å². The smallest absolute Gasteiger partial charge is 0.306 e. The molecule has 68 valence electrons. The minimum absolute atomic E-state index is 0.0117. The molecule has 1 heterocycles. The molecule has 0 aromatic heterocycles. The van der Waals surface area contributed by atoms with E-state index in [0.29, 0.717) is 6.42 Å². The lowest BCUT2D eigenvalue weighted by Crippen LogP contribution is -2.16. The molecule has 0 aliphatic carbocycles. The zero-order chi connectivity index (χ0) is 8.81. The average Bonchev–Trinajstić information content (AvgIpc) is 2.53. The largest absolute Gasteiger partial charge is 0.461 e. The van der Waals surface area contributed by atoms with Crippen molar-refractivity contribution in [1.82, 2.24) is 5.32 Å². The molecule has 1 aliphatic rings. The molecule has 1 unspecified atom stereocenters. The second kappa shape index (κ2) is 5.14. The predicted octanol–water partition coefficient (Wildman–Crippen LogP) is 1.06. The molecule has 0 spiro atoms. The third kappa shape index (κ3) is 3.22. The Bertz CT molecular complexity index is 141. The summed E-state index contributed by atoms with van der Waals surface area (Å²) in [5, 5.41) is 3.02.